The Balaban J connectivity index is 3.95. The van der Waals surface area contributed by atoms with Crippen LogP contribution in [-0.2, 0) is 14.3 Å². The first-order chi connectivity index (χ1) is 5.91. The van der Waals surface area contributed by atoms with Crippen LogP contribution in [0.1, 0.15) is 34.1 Å². The van der Waals surface area contributed by atoms with Gasteiger partial charge < -0.3 is 14.6 Å². The van der Waals surface area contributed by atoms with Crippen molar-refractivity contribution in [3.8, 4) is 0 Å². The zero-order valence-electron chi connectivity index (χ0n) is 8.61. The van der Waals surface area contributed by atoms with Crippen molar-refractivity contribution in [3.63, 3.8) is 0 Å². The standard InChI is InChI=1S/C9H18O4/c1-6(2)12-9(5-8(10)11)13-7(3)4/h6-7,9H,5H2,1-4H3,(H,10,11). The summed E-state index contributed by atoms with van der Waals surface area (Å²) in [6.07, 6.45) is -0.806. The molecule has 1 N–H and O–H groups in total. The third-order valence-electron chi connectivity index (χ3n) is 1.19. The van der Waals surface area contributed by atoms with Gasteiger partial charge >= 0.3 is 5.97 Å². The lowest BCUT2D eigenvalue weighted by molar-refractivity contribution is -0.191. The molecule has 0 heterocycles. The third kappa shape index (κ3) is 7.74. The van der Waals surface area contributed by atoms with Gasteiger partial charge in [0.2, 0.25) is 0 Å². The smallest absolute Gasteiger partial charge is 0.308 e. The van der Waals surface area contributed by atoms with Crippen molar-refractivity contribution in [2.45, 2.75) is 52.6 Å². The molecule has 0 saturated heterocycles. The molecular weight excluding hydrogens is 172 g/mol. The van der Waals surface area contributed by atoms with Crippen LogP contribution in [0.3, 0.4) is 0 Å². The zero-order chi connectivity index (χ0) is 10.4. The monoisotopic (exact) mass is 190 g/mol. The Hall–Kier alpha value is -0.610. The molecule has 0 radical (unpaired) electrons. The van der Waals surface area contributed by atoms with E-state index in [1.165, 1.54) is 0 Å². The normalized spacial score (nSPS) is 11.6. The Morgan fingerprint density at radius 3 is 1.77 bits per heavy atom. The van der Waals surface area contributed by atoms with E-state index in [0.29, 0.717) is 0 Å². The molecule has 0 bridgehead atoms. The van der Waals surface area contributed by atoms with E-state index in [1.54, 1.807) is 0 Å². The fourth-order valence-corrected chi connectivity index (χ4v) is 0.878. The molecule has 0 unspecified atom stereocenters. The highest BCUT2D eigenvalue weighted by Gasteiger charge is 2.16. The summed E-state index contributed by atoms with van der Waals surface area (Å²) in [5, 5.41) is 8.55. The Morgan fingerprint density at radius 1 is 1.15 bits per heavy atom. The maximum absolute atomic E-state index is 10.4. The van der Waals surface area contributed by atoms with E-state index < -0.39 is 12.3 Å². The topological polar surface area (TPSA) is 55.8 Å². The van der Waals surface area contributed by atoms with Gasteiger partial charge in [0.05, 0.1) is 18.6 Å². The highest BCUT2D eigenvalue weighted by molar-refractivity contribution is 5.67. The molecule has 0 aromatic carbocycles. The lowest BCUT2D eigenvalue weighted by Crippen LogP contribution is -2.27. The second-order valence-electron chi connectivity index (χ2n) is 3.40. The summed E-state index contributed by atoms with van der Waals surface area (Å²) in [5.41, 5.74) is 0. The van der Waals surface area contributed by atoms with Gasteiger partial charge in [-0.3, -0.25) is 4.79 Å². The lowest BCUT2D eigenvalue weighted by Gasteiger charge is -2.21. The van der Waals surface area contributed by atoms with Crippen molar-refractivity contribution < 1.29 is 19.4 Å². The second kappa shape index (κ2) is 5.94. The summed E-state index contributed by atoms with van der Waals surface area (Å²) in [4.78, 5) is 10.4. The number of ether oxygens (including phenoxy) is 2. The summed E-state index contributed by atoms with van der Waals surface area (Å²) in [5.74, 6) is -0.911. The van der Waals surface area contributed by atoms with Gasteiger partial charge in [0, 0.05) is 0 Å². The number of carbonyl (C=O) groups is 1. The Bertz CT molecular complexity index is 144. The first-order valence-corrected chi connectivity index (χ1v) is 4.44. The second-order valence-corrected chi connectivity index (χ2v) is 3.40. The molecule has 0 amide bonds. The number of hydrogen-bond donors (Lipinski definition) is 1. The van der Waals surface area contributed by atoms with Crippen molar-refractivity contribution in [1.82, 2.24) is 0 Å². The largest absolute Gasteiger partial charge is 0.481 e. The van der Waals surface area contributed by atoms with Crippen LogP contribution in [-0.4, -0.2) is 29.6 Å². The van der Waals surface area contributed by atoms with Crippen molar-refractivity contribution >= 4 is 5.97 Å². The number of hydrogen-bond acceptors (Lipinski definition) is 3. The summed E-state index contributed by atoms with van der Waals surface area (Å²) < 4.78 is 10.5. The zero-order valence-corrected chi connectivity index (χ0v) is 8.61. The lowest BCUT2D eigenvalue weighted by atomic mass is 10.4. The van der Waals surface area contributed by atoms with Gasteiger partial charge in [-0.25, -0.2) is 0 Å². The fraction of sp³-hybridized carbons (Fsp3) is 0.889. The van der Waals surface area contributed by atoms with Gasteiger partial charge in [-0.05, 0) is 27.7 Å². The molecule has 0 aromatic heterocycles. The van der Waals surface area contributed by atoms with Crippen LogP contribution in [0.2, 0.25) is 0 Å². The summed E-state index contributed by atoms with van der Waals surface area (Å²) >= 11 is 0. The minimum absolute atomic E-state index is 0.0249. The van der Waals surface area contributed by atoms with Crippen LogP contribution in [0, 0.1) is 0 Å². The van der Waals surface area contributed by atoms with Crippen LogP contribution in [0.25, 0.3) is 0 Å². The van der Waals surface area contributed by atoms with Gasteiger partial charge in [0.25, 0.3) is 0 Å². The van der Waals surface area contributed by atoms with Gasteiger partial charge in [-0.2, -0.15) is 0 Å². The van der Waals surface area contributed by atoms with Gasteiger partial charge in [0.15, 0.2) is 6.29 Å². The molecule has 0 atom stereocenters. The van der Waals surface area contributed by atoms with E-state index in [-0.39, 0.29) is 18.6 Å². The Labute approximate surface area is 78.8 Å². The van der Waals surface area contributed by atoms with Crippen molar-refractivity contribution in [2.24, 2.45) is 0 Å². The maximum atomic E-state index is 10.4. The quantitative estimate of drug-likeness (QED) is 0.647. The first kappa shape index (κ1) is 12.4. The Morgan fingerprint density at radius 2 is 1.54 bits per heavy atom. The minimum Gasteiger partial charge on any atom is -0.481 e. The molecule has 0 rings (SSSR count). The van der Waals surface area contributed by atoms with Crippen LogP contribution >= 0.6 is 0 Å². The molecule has 0 aliphatic carbocycles. The number of aliphatic carboxylic acids is 1. The fourth-order valence-electron chi connectivity index (χ4n) is 0.878. The van der Waals surface area contributed by atoms with Crippen molar-refractivity contribution in [3.05, 3.63) is 0 Å². The minimum atomic E-state index is -0.911. The first-order valence-electron chi connectivity index (χ1n) is 4.44. The number of rotatable bonds is 6. The van der Waals surface area contributed by atoms with Crippen LogP contribution in [0.4, 0.5) is 0 Å². The van der Waals surface area contributed by atoms with Crippen molar-refractivity contribution in [2.75, 3.05) is 0 Å². The van der Waals surface area contributed by atoms with Crippen molar-refractivity contribution in [1.29, 1.82) is 0 Å². The molecule has 13 heavy (non-hydrogen) atoms. The molecule has 78 valence electrons. The molecule has 0 aliphatic heterocycles. The predicted molar refractivity (Wildman–Crippen MR) is 48.5 cm³/mol. The van der Waals surface area contributed by atoms with Crippen LogP contribution in [0.15, 0.2) is 0 Å². The van der Waals surface area contributed by atoms with Gasteiger partial charge in [-0.1, -0.05) is 0 Å². The van der Waals surface area contributed by atoms with Crippen LogP contribution in [0.5, 0.6) is 0 Å². The SMILES string of the molecule is CC(C)OC(CC(=O)O)OC(C)C. The van der Waals surface area contributed by atoms with E-state index in [0.717, 1.165) is 0 Å². The highest BCUT2D eigenvalue weighted by Crippen LogP contribution is 2.07. The molecular formula is C9H18O4. The highest BCUT2D eigenvalue weighted by atomic mass is 16.7. The summed E-state index contributed by atoms with van der Waals surface area (Å²) in [7, 11) is 0. The molecule has 4 heteroatoms. The molecule has 4 nitrogen and oxygen atoms in total. The molecule has 0 spiro atoms. The predicted octanol–water partition coefficient (Wildman–Crippen LogP) is 1.64. The van der Waals surface area contributed by atoms with E-state index in [2.05, 4.69) is 0 Å². The maximum Gasteiger partial charge on any atom is 0.308 e. The van der Waals surface area contributed by atoms with Crippen LogP contribution < -0.4 is 0 Å². The average Bonchev–Trinajstić information content (AvgIpc) is 1.80. The third-order valence-corrected chi connectivity index (χ3v) is 1.19. The average molecular weight is 190 g/mol. The van der Waals surface area contributed by atoms with E-state index in [4.69, 9.17) is 14.6 Å². The molecule has 0 saturated carbocycles. The van der Waals surface area contributed by atoms with E-state index in [9.17, 15) is 4.79 Å². The number of carboxylic acid groups (broad SMARTS) is 1. The summed E-state index contributed by atoms with van der Waals surface area (Å²) in [6.45, 7) is 7.38. The number of carboxylic acids is 1. The van der Waals surface area contributed by atoms with E-state index in [1.807, 2.05) is 27.7 Å². The molecule has 0 fully saturated rings. The molecule has 0 aliphatic rings. The molecule has 0 aromatic rings. The summed E-state index contributed by atoms with van der Waals surface area (Å²) in [6, 6.07) is 0. The van der Waals surface area contributed by atoms with Gasteiger partial charge in [0.1, 0.15) is 0 Å². The van der Waals surface area contributed by atoms with Gasteiger partial charge in [-0.15, -0.1) is 0 Å². The Kier molecular flexibility index (Phi) is 5.66. The van der Waals surface area contributed by atoms with E-state index >= 15 is 0 Å².